The molecule has 0 heterocycles. The maximum Gasteiger partial charge on any atom is 0.326 e. The molecule has 0 aromatic heterocycles. The molecule has 0 aromatic carbocycles. The summed E-state index contributed by atoms with van der Waals surface area (Å²) in [6, 6.07) is -4.21. The van der Waals surface area contributed by atoms with Crippen LogP contribution in [-0.2, 0) is 24.0 Å². The molecule has 0 saturated heterocycles. The number of nitrogens with one attached hydrogen (secondary N) is 3. The number of carboxylic acid groups (broad SMARTS) is 1. The largest absolute Gasteiger partial charge is 0.480 e. The van der Waals surface area contributed by atoms with E-state index in [1.54, 1.807) is 13.8 Å². The van der Waals surface area contributed by atoms with Crippen molar-refractivity contribution < 1.29 is 29.1 Å². The van der Waals surface area contributed by atoms with E-state index in [9.17, 15) is 29.1 Å². The number of unbranched alkanes of at least 4 members (excludes halogenated alkanes) is 1. The molecule has 10 N–H and O–H groups in total. The molecule has 4 atom stereocenters. The molecule has 12 nitrogen and oxygen atoms in total. The third-order valence-electron chi connectivity index (χ3n) is 4.65. The summed E-state index contributed by atoms with van der Waals surface area (Å²) < 4.78 is 0. The summed E-state index contributed by atoms with van der Waals surface area (Å²) in [4.78, 5) is 59.7. The third kappa shape index (κ3) is 11.3. The molecule has 0 fully saturated rings. The summed E-state index contributed by atoms with van der Waals surface area (Å²) in [5.74, 6) is -4.04. The zero-order valence-corrected chi connectivity index (χ0v) is 18.3. The molecule has 0 aromatic rings. The SMILES string of the molecule is CC(NC(=O)C(N)C(C)C)C(=O)NC(CCC(N)=O)C(=O)NC(CCCCN)C(=O)O. The van der Waals surface area contributed by atoms with Crippen molar-refractivity contribution in [3.8, 4) is 0 Å². The minimum absolute atomic E-state index is 0.131. The van der Waals surface area contributed by atoms with Crippen LogP contribution >= 0.6 is 0 Å². The summed E-state index contributed by atoms with van der Waals surface area (Å²) in [6.45, 7) is 5.31. The molecule has 178 valence electrons. The molecule has 0 aliphatic rings. The fraction of sp³-hybridized carbons (Fsp3) is 0.737. The van der Waals surface area contributed by atoms with E-state index in [1.807, 2.05) is 0 Å². The van der Waals surface area contributed by atoms with Gasteiger partial charge in [-0.15, -0.1) is 0 Å². The lowest BCUT2D eigenvalue weighted by atomic mass is 10.0. The highest BCUT2D eigenvalue weighted by molar-refractivity contribution is 5.94. The second-order valence-electron chi connectivity index (χ2n) is 7.75. The summed E-state index contributed by atoms with van der Waals surface area (Å²) in [7, 11) is 0. The van der Waals surface area contributed by atoms with E-state index in [4.69, 9.17) is 17.2 Å². The molecule has 4 amide bonds. The zero-order chi connectivity index (χ0) is 24.1. The summed E-state index contributed by atoms with van der Waals surface area (Å²) in [5.41, 5.74) is 16.3. The first-order chi connectivity index (χ1) is 14.4. The highest BCUT2D eigenvalue weighted by Gasteiger charge is 2.29. The van der Waals surface area contributed by atoms with Crippen molar-refractivity contribution in [1.29, 1.82) is 0 Å². The fourth-order valence-electron chi connectivity index (χ4n) is 2.55. The van der Waals surface area contributed by atoms with Gasteiger partial charge < -0.3 is 38.3 Å². The lowest BCUT2D eigenvalue weighted by Crippen LogP contribution is -2.56. The van der Waals surface area contributed by atoms with Gasteiger partial charge in [-0.3, -0.25) is 19.2 Å². The molecule has 4 unspecified atom stereocenters. The average molecular weight is 445 g/mol. The van der Waals surface area contributed by atoms with Crippen LogP contribution in [0.5, 0.6) is 0 Å². The topological polar surface area (TPSA) is 220 Å². The Kier molecular flexibility index (Phi) is 13.0. The number of hydrogen-bond donors (Lipinski definition) is 7. The monoisotopic (exact) mass is 444 g/mol. The Morgan fingerprint density at radius 1 is 0.839 bits per heavy atom. The van der Waals surface area contributed by atoms with Crippen LogP contribution in [-0.4, -0.2) is 65.4 Å². The highest BCUT2D eigenvalue weighted by Crippen LogP contribution is 2.05. The number of amides is 4. The predicted octanol–water partition coefficient (Wildman–Crippen LogP) is -2.08. The van der Waals surface area contributed by atoms with Gasteiger partial charge in [-0.05, 0) is 45.1 Å². The maximum atomic E-state index is 12.6. The minimum atomic E-state index is -1.23. The zero-order valence-electron chi connectivity index (χ0n) is 18.3. The second kappa shape index (κ2) is 14.3. The fourth-order valence-corrected chi connectivity index (χ4v) is 2.55. The number of carbonyl (C=O) groups excluding carboxylic acids is 4. The first kappa shape index (κ1) is 28.3. The van der Waals surface area contributed by atoms with Gasteiger partial charge in [0.1, 0.15) is 18.1 Å². The quantitative estimate of drug-likeness (QED) is 0.139. The first-order valence-corrected chi connectivity index (χ1v) is 10.3. The van der Waals surface area contributed by atoms with Gasteiger partial charge in [0.15, 0.2) is 0 Å². The normalized spacial score (nSPS) is 14.8. The van der Waals surface area contributed by atoms with Gasteiger partial charge in [0.2, 0.25) is 23.6 Å². The van der Waals surface area contributed by atoms with Crippen LogP contribution < -0.4 is 33.2 Å². The van der Waals surface area contributed by atoms with Gasteiger partial charge in [-0.2, -0.15) is 0 Å². The van der Waals surface area contributed by atoms with E-state index in [0.29, 0.717) is 19.4 Å². The average Bonchev–Trinajstić information content (AvgIpc) is 2.68. The Hall–Kier alpha value is -2.73. The van der Waals surface area contributed by atoms with Crippen LogP contribution in [0.25, 0.3) is 0 Å². The molecule has 0 rings (SSSR count). The third-order valence-corrected chi connectivity index (χ3v) is 4.65. The van der Waals surface area contributed by atoms with Crippen LogP contribution in [0.1, 0.15) is 52.9 Å². The number of carbonyl (C=O) groups is 5. The summed E-state index contributed by atoms with van der Waals surface area (Å²) in [6.07, 6.45) is 0.910. The molecule has 12 heteroatoms. The second-order valence-corrected chi connectivity index (χ2v) is 7.75. The van der Waals surface area contributed by atoms with Crippen molar-refractivity contribution in [2.75, 3.05) is 6.54 Å². The summed E-state index contributed by atoms with van der Waals surface area (Å²) >= 11 is 0. The molecule has 31 heavy (non-hydrogen) atoms. The standard InChI is InChI=1S/C19H36N6O6/c1-10(2)15(22)18(29)23-11(3)16(27)24-12(7-8-14(21)26)17(28)25-13(19(30)31)6-4-5-9-20/h10-13,15H,4-9,20,22H2,1-3H3,(H2,21,26)(H,23,29)(H,24,27)(H,25,28)(H,30,31). The number of aliphatic carboxylic acids is 1. The highest BCUT2D eigenvalue weighted by atomic mass is 16.4. The predicted molar refractivity (Wildman–Crippen MR) is 113 cm³/mol. The minimum Gasteiger partial charge on any atom is -0.480 e. The molecule has 0 aliphatic heterocycles. The Balaban J connectivity index is 5.16. The van der Waals surface area contributed by atoms with E-state index in [-0.39, 0.29) is 25.2 Å². The summed E-state index contributed by atoms with van der Waals surface area (Å²) in [5, 5.41) is 16.6. The van der Waals surface area contributed by atoms with E-state index in [0.717, 1.165) is 0 Å². The molecule has 0 spiro atoms. The maximum absolute atomic E-state index is 12.6. The van der Waals surface area contributed by atoms with Crippen molar-refractivity contribution in [3.63, 3.8) is 0 Å². The van der Waals surface area contributed by atoms with Gasteiger partial charge >= 0.3 is 5.97 Å². The molecular weight excluding hydrogens is 408 g/mol. The van der Waals surface area contributed by atoms with Gasteiger partial charge in [0, 0.05) is 6.42 Å². The van der Waals surface area contributed by atoms with Crippen LogP contribution in [0.4, 0.5) is 0 Å². The molecular formula is C19H36N6O6. The van der Waals surface area contributed by atoms with Crippen LogP contribution in [0, 0.1) is 5.92 Å². The Labute approximate surface area is 182 Å². The van der Waals surface area contributed by atoms with Crippen molar-refractivity contribution in [2.45, 2.75) is 77.0 Å². The van der Waals surface area contributed by atoms with E-state index in [2.05, 4.69) is 16.0 Å². The van der Waals surface area contributed by atoms with Crippen molar-refractivity contribution in [1.82, 2.24) is 16.0 Å². The van der Waals surface area contributed by atoms with E-state index >= 15 is 0 Å². The van der Waals surface area contributed by atoms with Crippen LogP contribution in [0.15, 0.2) is 0 Å². The lowest BCUT2D eigenvalue weighted by molar-refractivity contribution is -0.142. The van der Waals surface area contributed by atoms with Crippen LogP contribution in [0.2, 0.25) is 0 Å². The number of primary amides is 1. The Morgan fingerprint density at radius 3 is 1.90 bits per heavy atom. The van der Waals surface area contributed by atoms with Crippen molar-refractivity contribution in [2.24, 2.45) is 23.1 Å². The molecule has 0 bridgehead atoms. The Bertz CT molecular complexity index is 641. The lowest BCUT2D eigenvalue weighted by Gasteiger charge is -2.24. The number of nitrogens with two attached hydrogens (primary N) is 3. The number of rotatable bonds is 15. The van der Waals surface area contributed by atoms with E-state index in [1.165, 1.54) is 6.92 Å². The smallest absolute Gasteiger partial charge is 0.326 e. The molecule has 0 saturated carbocycles. The van der Waals surface area contributed by atoms with Crippen molar-refractivity contribution >= 4 is 29.6 Å². The Morgan fingerprint density at radius 2 is 1.42 bits per heavy atom. The molecule has 0 aliphatic carbocycles. The van der Waals surface area contributed by atoms with Crippen molar-refractivity contribution in [3.05, 3.63) is 0 Å². The van der Waals surface area contributed by atoms with Gasteiger partial charge in [0.05, 0.1) is 6.04 Å². The van der Waals surface area contributed by atoms with Crippen LogP contribution in [0.3, 0.4) is 0 Å². The van der Waals surface area contributed by atoms with E-state index < -0.39 is 53.8 Å². The van der Waals surface area contributed by atoms with Gasteiger partial charge in [-0.25, -0.2) is 4.79 Å². The van der Waals surface area contributed by atoms with Gasteiger partial charge in [-0.1, -0.05) is 13.8 Å². The number of carboxylic acids is 1. The van der Waals surface area contributed by atoms with Gasteiger partial charge in [0.25, 0.3) is 0 Å². The first-order valence-electron chi connectivity index (χ1n) is 10.3. The molecule has 0 radical (unpaired) electrons. The number of hydrogen-bond acceptors (Lipinski definition) is 7.